The standard InChI is InChI=1S/C22H25FN2O4S/c1-2-29-13-7-12-24-22(26)15-25-14-21(18-9-4-6-11-20(18)25)30(27,28)16-17-8-3-5-10-19(17)23/h3-6,8-11,14H,2,7,12-13,15-16H2,1H3,(H,24,26). The smallest absolute Gasteiger partial charge is 0.239 e. The highest BCUT2D eigenvalue weighted by atomic mass is 32.2. The van der Waals surface area contributed by atoms with Crippen LogP contribution in [0, 0.1) is 5.82 Å². The van der Waals surface area contributed by atoms with E-state index in [4.69, 9.17) is 4.74 Å². The van der Waals surface area contributed by atoms with Crippen molar-refractivity contribution >= 4 is 26.6 Å². The first-order valence-electron chi connectivity index (χ1n) is 9.81. The summed E-state index contributed by atoms with van der Waals surface area (Å²) in [6.45, 7) is 3.59. The number of aromatic nitrogens is 1. The minimum Gasteiger partial charge on any atom is -0.382 e. The molecule has 1 amide bonds. The Labute approximate surface area is 175 Å². The Balaban J connectivity index is 1.82. The number of amides is 1. The second-order valence-corrected chi connectivity index (χ2v) is 8.85. The van der Waals surface area contributed by atoms with Gasteiger partial charge in [-0.1, -0.05) is 36.4 Å². The third-order valence-corrected chi connectivity index (χ3v) is 6.38. The SMILES string of the molecule is CCOCCCNC(=O)Cn1cc(S(=O)(=O)Cc2ccccc2F)c2ccccc21. The molecule has 1 aromatic heterocycles. The summed E-state index contributed by atoms with van der Waals surface area (Å²) < 4.78 is 46.9. The Bertz CT molecular complexity index is 1130. The van der Waals surface area contributed by atoms with Crippen molar-refractivity contribution in [2.24, 2.45) is 0 Å². The molecule has 0 fully saturated rings. The number of rotatable bonds is 10. The number of halogens is 1. The second kappa shape index (κ2) is 9.86. The van der Waals surface area contributed by atoms with Crippen LogP contribution in [0.5, 0.6) is 0 Å². The fourth-order valence-electron chi connectivity index (χ4n) is 3.25. The summed E-state index contributed by atoms with van der Waals surface area (Å²) >= 11 is 0. The molecule has 30 heavy (non-hydrogen) atoms. The van der Waals surface area contributed by atoms with E-state index in [-0.39, 0.29) is 22.9 Å². The number of benzene rings is 2. The van der Waals surface area contributed by atoms with Crippen molar-refractivity contribution in [3.8, 4) is 0 Å². The van der Waals surface area contributed by atoms with Gasteiger partial charge < -0.3 is 14.6 Å². The average molecular weight is 433 g/mol. The molecule has 6 nitrogen and oxygen atoms in total. The summed E-state index contributed by atoms with van der Waals surface area (Å²) in [6, 6.07) is 12.8. The lowest BCUT2D eigenvalue weighted by molar-refractivity contribution is -0.121. The Morgan fingerprint density at radius 1 is 1.13 bits per heavy atom. The molecule has 0 unspecified atom stereocenters. The molecule has 1 N–H and O–H groups in total. The van der Waals surface area contributed by atoms with E-state index in [1.165, 1.54) is 24.4 Å². The molecule has 0 bridgehead atoms. The topological polar surface area (TPSA) is 77.4 Å². The summed E-state index contributed by atoms with van der Waals surface area (Å²) in [5, 5.41) is 3.32. The average Bonchev–Trinajstić information content (AvgIpc) is 3.09. The van der Waals surface area contributed by atoms with Gasteiger partial charge in [0.2, 0.25) is 5.91 Å². The third kappa shape index (κ3) is 5.25. The van der Waals surface area contributed by atoms with Crippen molar-refractivity contribution in [1.29, 1.82) is 0 Å². The molecule has 0 saturated carbocycles. The van der Waals surface area contributed by atoms with Gasteiger partial charge in [0.1, 0.15) is 12.4 Å². The summed E-state index contributed by atoms with van der Waals surface area (Å²) in [4.78, 5) is 12.4. The maximum atomic E-state index is 14.0. The zero-order valence-corrected chi connectivity index (χ0v) is 17.6. The molecule has 0 radical (unpaired) electrons. The second-order valence-electron chi connectivity index (χ2n) is 6.89. The quantitative estimate of drug-likeness (QED) is 0.499. The highest BCUT2D eigenvalue weighted by Gasteiger charge is 2.23. The number of carbonyl (C=O) groups excluding carboxylic acids is 1. The van der Waals surface area contributed by atoms with Gasteiger partial charge in [0, 0.05) is 42.4 Å². The van der Waals surface area contributed by atoms with Crippen molar-refractivity contribution in [2.45, 2.75) is 30.5 Å². The zero-order valence-electron chi connectivity index (χ0n) is 16.8. The normalized spacial score (nSPS) is 11.7. The molecular weight excluding hydrogens is 407 g/mol. The third-order valence-electron chi connectivity index (χ3n) is 4.70. The van der Waals surface area contributed by atoms with E-state index in [9.17, 15) is 17.6 Å². The van der Waals surface area contributed by atoms with Gasteiger partial charge in [0.25, 0.3) is 0 Å². The molecule has 3 aromatic rings. The first kappa shape index (κ1) is 22.0. The van der Waals surface area contributed by atoms with Crippen molar-refractivity contribution in [3.63, 3.8) is 0 Å². The van der Waals surface area contributed by atoms with E-state index >= 15 is 0 Å². The molecule has 8 heteroatoms. The first-order valence-corrected chi connectivity index (χ1v) is 11.5. The summed E-state index contributed by atoms with van der Waals surface area (Å²) in [5.74, 6) is -1.22. The first-order chi connectivity index (χ1) is 14.4. The largest absolute Gasteiger partial charge is 0.382 e. The van der Waals surface area contributed by atoms with Crippen molar-refractivity contribution in [2.75, 3.05) is 19.8 Å². The Hall–Kier alpha value is -2.71. The fraction of sp³-hybridized carbons (Fsp3) is 0.318. The van der Waals surface area contributed by atoms with Gasteiger partial charge in [-0.25, -0.2) is 12.8 Å². The molecule has 1 heterocycles. The number of carbonyl (C=O) groups is 1. The molecule has 0 aliphatic rings. The van der Waals surface area contributed by atoms with E-state index in [0.717, 1.165) is 0 Å². The molecule has 0 saturated heterocycles. The highest BCUT2D eigenvalue weighted by molar-refractivity contribution is 7.90. The van der Waals surface area contributed by atoms with Crippen LogP contribution in [0.25, 0.3) is 10.9 Å². The van der Waals surface area contributed by atoms with Crippen LogP contribution in [0.3, 0.4) is 0 Å². The van der Waals surface area contributed by atoms with Gasteiger partial charge in [0.05, 0.1) is 10.6 Å². The van der Waals surface area contributed by atoms with Gasteiger partial charge in [-0.3, -0.25) is 4.79 Å². The molecule has 160 valence electrons. The summed E-state index contributed by atoms with van der Waals surface area (Å²) in [6.07, 6.45) is 2.16. The van der Waals surface area contributed by atoms with Crippen LogP contribution in [0.15, 0.2) is 59.6 Å². The summed E-state index contributed by atoms with van der Waals surface area (Å²) in [7, 11) is -3.81. The number of fused-ring (bicyclic) bond motifs is 1. The van der Waals surface area contributed by atoms with Crippen molar-refractivity contribution < 1.29 is 22.3 Å². The predicted octanol–water partition coefficient (Wildman–Crippen LogP) is 3.30. The number of ether oxygens (including phenoxy) is 1. The lowest BCUT2D eigenvalue weighted by Gasteiger charge is -2.07. The monoisotopic (exact) mass is 432 g/mol. The highest BCUT2D eigenvalue weighted by Crippen LogP contribution is 2.28. The maximum Gasteiger partial charge on any atom is 0.239 e. The zero-order chi connectivity index (χ0) is 21.6. The van der Waals surface area contributed by atoms with Crippen molar-refractivity contribution in [3.05, 3.63) is 66.1 Å². The van der Waals surface area contributed by atoms with Crippen LogP contribution >= 0.6 is 0 Å². The predicted molar refractivity (Wildman–Crippen MR) is 113 cm³/mol. The molecule has 0 spiro atoms. The molecule has 0 atom stereocenters. The van der Waals surface area contributed by atoms with E-state index in [2.05, 4.69) is 5.32 Å². The van der Waals surface area contributed by atoms with Crippen LogP contribution in [-0.4, -0.2) is 38.7 Å². The van der Waals surface area contributed by atoms with Crippen molar-refractivity contribution in [1.82, 2.24) is 9.88 Å². The minimum atomic E-state index is -3.81. The number of sulfone groups is 1. The van der Waals surface area contributed by atoms with Crippen LogP contribution in [0.2, 0.25) is 0 Å². The van der Waals surface area contributed by atoms with E-state index < -0.39 is 21.4 Å². The van der Waals surface area contributed by atoms with E-state index in [0.29, 0.717) is 37.1 Å². The van der Waals surface area contributed by atoms with E-state index in [1.54, 1.807) is 34.9 Å². The number of para-hydroxylation sites is 1. The van der Waals surface area contributed by atoms with Gasteiger partial charge >= 0.3 is 0 Å². The minimum absolute atomic E-state index is 0.00956. The van der Waals surface area contributed by atoms with Crippen LogP contribution in [0.1, 0.15) is 18.9 Å². The molecule has 2 aromatic carbocycles. The van der Waals surface area contributed by atoms with Gasteiger partial charge in [0.15, 0.2) is 9.84 Å². The van der Waals surface area contributed by atoms with E-state index in [1.807, 2.05) is 6.92 Å². The number of hydrogen-bond donors (Lipinski definition) is 1. The Morgan fingerprint density at radius 3 is 2.63 bits per heavy atom. The molecule has 3 rings (SSSR count). The van der Waals surface area contributed by atoms with Gasteiger partial charge in [-0.15, -0.1) is 0 Å². The van der Waals surface area contributed by atoms with Gasteiger partial charge in [-0.2, -0.15) is 0 Å². The molecule has 0 aliphatic carbocycles. The lowest BCUT2D eigenvalue weighted by Crippen LogP contribution is -2.28. The molecular formula is C22H25FN2O4S. The number of nitrogens with one attached hydrogen (secondary N) is 1. The van der Waals surface area contributed by atoms with Crippen LogP contribution in [-0.2, 0) is 31.7 Å². The van der Waals surface area contributed by atoms with Crippen LogP contribution < -0.4 is 5.32 Å². The molecule has 0 aliphatic heterocycles. The van der Waals surface area contributed by atoms with Crippen LogP contribution in [0.4, 0.5) is 4.39 Å². The Kier molecular flexibility index (Phi) is 7.23. The fourth-order valence-corrected chi connectivity index (χ4v) is 4.84. The Morgan fingerprint density at radius 2 is 1.87 bits per heavy atom. The maximum absolute atomic E-state index is 14.0. The number of nitrogens with zero attached hydrogens (tertiary/aromatic N) is 1. The van der Waals surface area contributed by atoms with Gasteiger partial charge in [-0.05, 0) is 25.5 Å². The number of hydrogen-bond acceptors (Lipinski definition) is 4. The lowest BCUT2D eigenvalue weighted by atomic mass is 10.2. The summed E-state index contributed by atoms with van der Waals surface area (Å²) in [5.41, 5.74) is 0.746.